The second-order valence-corrected chi connectivity index (χ2v) is 6.25. The predicted octanol–water partition coefficient (Wildman–Crippen LogP) is 2.11. The molecule has 2 unspecified atom stereocenters. The van der Waals surface area contributed by atoms with E-state index < -0.39 is 40.2 Å². The minimum Gasteiger partial charge on any atom is -0.612 e. The maximum absolute atomic E-state index is 13.0. The molecule has 2 rings (SSSR count). The number of benzene rings is 1. The SMILES string of the molecule is CNC1([S+]([O-])CC(F)(F)F)N=C(C(F)(F)F)NN1c1ccccc1. The van der Waals surface area contributed by atoms with E-state index in [0.29, 0.717) is 5.01 Å². The molecule has 134 valence electrons. The maximum atomic E-state index is 13.0. The van der Waals surface area contributed by atoms with E-state index in [1.165, 1.54) is 24.3 Å². The van der Waals surface area contributed by atoms with E-state index in [0.717, 1.165) is 7.05 Å². The zero-order valence-corrected chi connectivity index (χ0v) is 12.9. The third kappa shape index (κ3) is 3.70. The number of hydrazine groups is 1. The van der Waals surface area contributed by atoms with Crippen LogP contribution in [0.3, 0.4) is 0 Å². The summed E-state index contributed by atoms with van der Waals surface area (Å²) in [5.41, 5.74) is 1.95. The van der Waals surface area contributed by atoms with Crippen molar-refractivity contribution in [3.05, 3.63) is 30.3 Å². The van der Waals surface area contributed by atoms with Gasteiger partial charge in [-0.3, -0.25) is 5.43 Å². The van der Waals surface area contributed by atoms with Gasteiger partial charge < -0.3 is 4.55 Å². The minimum absolute atomic E-state index is 0.0605. The van der Waals surface area contributed by atoms with Gasteiger partial charge in [0.2, 0.25) is 11.6 Å². The van der Waals surface area contributed by atoms with Gasteiger partial charge in [0, 0.05) is 11.2 Å². The Kier molecular flexibility index (Phi) is 4.93. The number of aliphatic imine (C=N–C) groups is 1. The third-order valence-corrected chi connectivity index (χ3v) is 4.71. The van der Waals surface area contributed by atoms with E-state index in [1.54, 1.807) is 6.07 Å². The molecule has 0 amide bonds. The van der Waals surface area contributed by atoms with Gasteiger partial charge >= 0.3 is 17.5 Å². The van der Waals surface area contributed by atoms with Crippen molar-refractivity contribution < 1.29 is 30.9 Å². The molecule has 1 aromatic rings. The van der Waals surface area contributed by atoms with E-state index in [2.05, 4.69) is 10.3 Å². The second kappa shape index (κ2) is 6.33. The highest BCUT2D eigenvalue weighted by molar-refractivity contribution is 7.92. The molecule has 0 aromatic heterocycles. The lowest BCUT2D eigenvalue weighted by molar-refractivity contribution is -0.106. The summed E-state index contributed by atoms with van der Waals surface area (Å²) in [6.07, 6.45) is -9.79. The first kappa shape index (κ1) is 18.7. The molecular weight excluding hydrogens is 362 g/mol. The molecule has 1 heterocycles. The van der Waals surface area contributed by atoms with E-state index in [9.17, 15) is 30.9 Å². The lowest BCUT2D eigenvalue weighted by atomic mass is 10.3. The topological polar surface area (TPSA) is 62.7 Å². The average Bonchev–Trinajstić information content (AvgIpc) is 2.87. The quantitative estimate of drug-likeness (QED) is 0.626. The van der Waals surface area contributed by atoms with Crippen LogP contribution in [0, 0.1) is 0 Å². The highest BCUT2D eigenvalue weighted by Gasteiger charge is 2.59. The lowest BCUT2D eigenvalue weighted by Gasteiger charge is -2.36. The van der Waals surface area contributed by atoms with Crippen LogP contribution in [0.1, 0.15) is 0 Å². The molecule has 24 heavy (non-hydrogen) atoms. The second-order valence-electron chi connectivity index (χ2n) is 4.70. The van der Waals surface area contributed by atoms with Crippen molar-refractivity contribution in [3.8, 4) is 0 Å². The monoisotopic (exact) mass is 374 g/mol. The number of rotatable bonds is 4. The number of amidine groups is 1. The van der Waals surface area contributed by atoms with Crippen LogP contribution in [0.2, 0.25) is 0 Å². The molecule has 1 aromatic carbocycles. The molecule has 2 N–H and O–H groups in total. The Morgan fingerprint density at radius 2 is 1.79 bits per heavy atom. The summed E-state index contributed by atoms with van der Waals surface area (Å²) < 4.78 is 88.9. The number of para-hydroxylation sites is 1. The number of halogens is 6. The van der Waals surface area contributed by atoms with Crippen LogP contribution in [0.15, 0.2) is 35.3 Å². The van der Waals surface area contributed by atoms with Gasteiger partial charge in [-0.1, -0.05) is 18.2 Å². The summed E-state index contributed by atoms with van der Waals surface area (Å²) in [6.45, 7) is 0. The Balaban J connectivity index is 2.50. The fraction of sp³-hybridized carbons (Fsp3) is 0.417. The van der Waals surface area contributed by atoms with Crippen LogP contribution in [-0.4, -0.2) is 40.7 Å². The molecule has 1 aliphatic heterocycles. The first-order valence-electron chi connectivity index (χ1n) is 6.43. The van der Waals surface area contributed by atoms with Crippen molar-refractivity contribution >= 4 is 22.7 Å². The molecule has 12 heteroatoms. The lowest BCUT2D eigenvalue weighted by Crippen LogP contribution is -2.64. The molecule has 1 aliphatic rings. The van der Waals surface area contributed by atoms with E-state index in [4.69, 9.17) is 0 Å². The number of anilines is 1. The summed E-state index contributed by atoms with van der Waals surface area (Å²) in [6, 6.07) is 7.20. The van der Waals surface area contributed by atoms with Crippen molar-refractivity contribution in [3.63, 3.8) is 0 Å². The fourth-order valence-electron chi connectivity index (χ4n) is 2.04. The Morgan fingerprint density at radius 3 is 2.25 bits per heavy atom. The largest absolute Gasteiger partial charge is 0.612 e. The van der Waals surface area contributed by atoms with Crippen molar-refractivity contribution in [2.24, 2.45) is 4.99 Å². The standard InChI is InChI=1S/C12H12F6N4OS/c1-19-12(24(23)7-10(13,14)15)20-9(11(16,17)18)21-22(12)8-5-3-2-4-6-8/h2-6,19H,7H2,1H3,(H,20,21). The van der Waals surface area contributed by atoms with Crippen LogP contribution in [-0.2, 0) is 11.2 Å². The van der Waals surface area contributed by atoms with Gasteiger partial charge in [0.1, 0.15) is 0 Å². The van der Waals surface area contributed by atoms with Gasteiger partial charge in [0.25, 0.3) is 0 Å². The van der Waals surface area contributed by atoms with Gasteiger partial charge in [-0.2, -0.15) is 31.3 Å². The summed E-state index contributed by atoms with van der Waals surface area (Å²) in [4.78, 5) is 3.25. The molecule has 0 spiro atoms. The third-order valence-electron chi connectivity index (χ3n) is 3.00. The molecule has 0 radical (unpaired) electrons. The van der Waals surface area contributed by atoms with Crippen molar-refractivity contribution in [2.45, 2.75) is 17.5 Å². The van der Waals surface area contributed by atoms with E-state index in [-0.39, 0.29) is 5.69 Å². The Labute approximate surface area is 135 Å². The molecule has 0 saturated carbocycles. The molecule has 0 aliphatic carbocycles. The Bertz CT molecular complexity index is 608. The van der Waals surface area contributed by atoms with Crippen LogP contribution in [0.4, 0.5) is 32.0 Å². The summed E-state index contributed by atoms with van der Waals surface area (Å²) in [5.74, 6) is -3.37. The van der Waals surface area contributed by atoms with E-state index >= 15 is 0 Å². The van der Waals surface area contributed by atoms with Gasteiger partial charge in [-0.15, -0.1) is 0 Å². The Morgan fingerprint density at radius 1 is 1.21 bits per heavy atom. The highest BCUT2D eigenvalue weighted by Crippen LogP contribution is 2.35. The van der Waals surface area contributed by atoms with Crippen molar-refractivity contribution in [2.75, 3.05) is 17.8 Å². The van der Waals surface area contributed by atoms with Crippen LogP contribution in [0.5, 0.6) is 0 Å². The zero-order chi connectivity index (χ0) is 18.2. The average molecular weight is 374 g/mol. The maximum Gasteiger partial charge on any atom is 0.450 e. The van der Waals surface area contributed by atoms with Crippen LogP contribution in [0.25, 0.3) is 0 Å². The fourth-order valence-corrected chi connectivity index (χ4v) is 3.31. The van der Waals surface area contributed by atoms with E-state index in [1.807, 2.05) is 5.43 Å². The normalized spacial score (nSPS) is 23.0. The molecular formula is C12H12F6N4OS. The first-order valence-corrected chi connectivity index (χ1v) is 7.74. The van der Waals surface area contributed by atoms with Gasteiger partial charge in [-0.05, 0) is 19.2 Å². The molecule has 5 nitrogen and oxygen atoms in total. The number of nitrogens with zero attached hydrogens (tertiary/aromatic N) is 2. The molecule has 0 saturated heterocycles. The smallest absolute Gasteiger partial charge is 0.450 e. The Hall–Kier alpha value is -1.66. The number of hydrogen-bond donors (Lipinski definition) is 2. The van der Waals surface area contributed by atoms with Gasteiger partial charge in [0.15, 0.2) is 0 Å². The first-order chi connectivity index (χ1) is 11.0. The summed E-state index contributed by atoms with van der Waals surface area (Å²) >= 11 is -2.87. The summed E-state index contributed by atoms with van der Waals surface area (Å²) in [5, 5.41) is 0.448. The molecule has 0 fully saturated rings. The summed E-state index contributed by atoms with van der Waals surface area (Å²) in [7, 11) is 1.08. The van der Waals surface area contributed by atoms with Crippen molar-refractivity contribution in [1.29, 1.82) is 0 Å². The molecule has 2 atom stereocenters. The number of alkyl halides is 6. The van der Waals surface area contributed by atoms with Crippen LogP contribution < -0.4 is 15.8 Å². The molecule has 0 bridgehead atoms. The number of nitrogens with one attached hydrogen (secondary N) is 2. The minimum atomic E-state index is -4.95. The zero-order valence-electron chi connectivity index (χ0n) is 12.1. The van der Waals surface area contributed by atoms with Gasteiger partial charge in [-0.25, -0.2) is 10.3 Å². The van der Waals surface area contributed by atoms with Gasteiger partial charge in [0.05, 0.1) is 5.69 Å². The van der Waals surface area contributed by atoms with Crippen LogP contribution >= 0.6 is 0 Å². The van der Waals surface area contributed by atoms with Crippen molar-refractivity contribution in [1.82, 2.24) is 10.7 Å². The highest BCUT2D eigenvalue weighted by atomic mass is 32.2. The predicted molar refractivity (Wildman–Crippen MR) is 76.4 cm³/mol. The number of hydrogen-bond acceptors (Lipinski definition) is 5.